The summed E-state index contributed by atoms with van der Waals surface area (Å²) >= 11 is 0. The van der Waals surface area contributed by atoms with Gasteiger partial charge in [-0.1, -0.05) is 6.08 Å². The third-order valence-electron chi connectivity index (χ3n) is 1.03. The Bertz CT molecular complexity index is 128. The Labute approximate surface area is 57.0 Å². The van der Waals surface area contributed by atoms with Crippen LogP contribution in [0.15, 0.2) is 23.5 Å². The highest BCUT2D eigenvalue weighted by Crippen LogP contribution is 2.04. The average molecular weight is 126 g/mol. The Morgan fingerprint density at radius 3 is 2.00 bits per heavy atom. The molecule has 9 heavy (non-hydrogen) atoms. The Hall–Kier alpha value is -0.720. The van der Waals surface area contributed by atoms with E-state index in [1.807, 2.05) is 32.9 Å². The number of methoxy groups -OCH3 is 1. The van der Waals surface area contributed by atoms with Crippen LogP contribution in [0.4, 0.5) is 0 Å². The number of rotatable bonds is 2. The molecular formula is C8H14O. The molecule has 0 N–H and O–H groups in total. The van der Waals surface area contributed by atoms with Crippen LogP contribution < -0.4 is 0 Å². The molecule has 0 atom stereocenters. The topological polar surface area (TPSA) is 9.23 Å². The molecule has 0 heterocycles. The van der Waals surface area contributed by atoms with Gasteiger partial charge in [-0.15, -0.1) is 0 Å². The van der Waals surface area contributed by atoms with E-state index in [1.165, 1.54) is 5.57 Å². The largest absolute Gasteiger partial charge is 0.497 e. The highest BCUT2D eigenvalue weighted by atomic mass is 16.5. The molecule has 1 nitrogen and oxygen atoms in total. The lowest BCUT2D eigenvalue weighted by Crippen LogP contribution is -1.83. The molecule has 0 aromatic carbocycles. The van der Waals surface area contributed by atoms with Gasteiger partial charge in [0, 0.05) is 0 Å². The number of hydrogen-bond acceptors (Lipinski definition) is 1. The van der Waals surface area contributed by atoms with E-state index >= 15 is 0 Å². The normalized spacial score (nSPS) is 9.78. The monoisotopic (exact) mass is 126 g/mol. The first-order chi connectivity index (χ1) is 4.22. The van der Waals surface area contributed by atoms with Gasteiger partial charge in [0.1, 0.15) is 5.76 Å². The molecule has 0 saturated heterocycles. The molecule has 0 aliphatic rings. The summed E-state index contributed by atoms with van der Waals surface area (Å²) in [5.41, 5.74) is 1.20. The summed E-state index contributed by atoms with van der Waals surface area (Å²) in [7, 11) is 1.68. The molecule has 52 valence electrons. The maximum absolute atomic E-state index is 5.04. The molecule has 0 bridgehead atoms. The summed E-state index contributed by atoms with van der Waals surface area (Å²) in [5, 5.41) is 0. The van der Waals surface area contributed by atoms with Gasteiger partial charge in [0.25, 0.3) is 0 Å². The summed E-state index contributed by atoms with van der Waals surface area (Å²) < 4.78 is 5.04. The first-order valence-electron chi connectivity index (χ1n) is 3.06. The lowest BCUT2D eigenvalue weighted by Gasteiger charge is -2.00. The smallest absolute Gasteiger partial charge is 0.117 e. The maximum atomic E-state index is 5.04. The van der Waals surface area contributed by atoms with Gasteiger partial charge >= 0.3 is 0 Å². The first-order valence-corrected chi connectivity index (χ1v) is 3.06. The van der Waals surface area contributed by atoms with Crippen molar-refractivity contribution in [3.8, 4) is 0 Å². The van der Waals surface area contributed by atoms with Crippen molar-refractivity contribution >= 4 is 0 Å². The standard InChI is InChI=1S/C8H14O/c1-5-6-8(9-4)7(2)3/h5-6H,1-4H3/b6-5-. The molecule has 1 heteroatoms. The van der Waals surface area contributed by atoms with E-state index in [4.69, 9.17) is 4.74 Å². The van der Waals surface area contributed by atoms with Crippen LogP contribution in [0.25, 0.3) is 0 Å². The van der Waals surface area contributed by atoms with Crippen molar-refractivity contribution in [3.63, 3.8) is 0 Å². The predicted octanol–water partition coefficient (Wildman–Crippen LogP) is 2.50. The Balaban J connectivity index is 4.16. The molecule has 0 aromatic rings. The molecule has 0 aromatic heterocycles. The second kappa shape index (κ2) is 4.19. The first kappa shape index (κ1) is 8.28. The quantitative estimate of drug-likeness (QED) is 0.408. The highest BCUT2D eigenvalue weighted by molar-refractivity contribution is 5.16. The van der Waals surface area contributed by atoms with Crippen LogP contribution in [0, 0.1) is 0 Å². The zero-order chi connectivity index (χ0) is 7.28. The maximum Gasteiger partial charge on any atom is 0.117 e. The van der Waals surface area contributed by atoms with Crippen LogP contribution in [0.3, 0.4) is 0 Å². The van der Waals surface area contributed by atoms with Gasteiger partial charge in [-0.3, -0.25) is 0 Å². The van der Waals surface area contributed by atoms with E-state index < -0.39 is 0 Å². The van der Waals surface area contributed by atoms with Crippen LogP contribution in [0.2, 0.25) is 0 Å². The van der Waals surface area contributed by atoms with E-state index in [0.717, 1.165) is 5.76 Å². The van der Waals surface area contributed by atoms with Gasteiger partial charge in [0.2, 0.25) is 0 Å². The summed E-state index contributed by atoms with van der Waals surface area (Å²) in [6, 6.07) is 0. The number of allylic oxidation sites excluding steroid dienone is 3. The third kappa shape index (κ3) is 2.96. The molecule has 0 radical (unpaired) electrons. The molecule has 0 spiro atoms. The van der Waals surface area contributed by atoms with Crippen molar-refractivity contribution in [1.82, 2.24) is 0 Å². The van der Waals surface area contributed by atoms with Crippen molar-refractivity contribution < 1.29 is 4.74 Å². The van der Waals surface area contributed by atoms with E-state index in [9.17, 15) is 0 Å². The number of hydrogen-bond donors (Lipinski definition) is 0. The predicted molar refractivity (Wildman–Crippen MR) is 40.2 cm³/mol. The van der Waals surface area contributed by atoms with Crippen LogP contribution in [-0.4, -0.2) is 7.11 Å². The lowest BCUT2D eigenvalue weighted by molar-refractivity contribution is 0.302. The third-order valence-corrected chi connectivity index (χ3v) is 1.03. The van der Waals surface area contributed by atoms with Gasteiger partial charge in [0.05, 0.1) is 7.11 Å². The average Bonchev–Trinajstić information content (AvgIpc) is 1.82. The summed E-state index contributed by atoms with van der Waals surface area (Å²) in [6.45, 7) is 6.03. The van der Waals surface area contributed by atoms with Crippen LogP contribution in [0.1, 0.15) is 20.8 Å². The second-order valence-electron chi connectivity index (χ2n) is 2.07. The van der Waals surface area contributed by atoms with Crippen molar-refractivity contribution in [3.05, 3.63) is 23.5 Å². The minimum absolute atomic E-state index is 0.956. The molecule has 0 rings (SSSR count). The minimum atomic E-state index is 0.956. The summed E-state index contributed by atoms with van der Waals surface area (Å²) in [6.07, 6.45) is 3.92. The van der Waals surface area contributed by atoms with Gasteiger partial charge in [-0.25, -0.2) is 0 Å². The van der Waals surface area contributed by atoms with Crippen LogP contribution >= 0.6 is 0 Å². The van der Waals surface area contributed by atoms with Crippen LogP contribution in [-0.2, 0) is 4.74 Å². The molecular weight excluding hydrogens is 112 g/mol. The molecule has 0 fully saturated rings. The van der Waals surface area contributed by atoms with Gasteiger partial charge < -0.3 is 4.74 Å². The highest BCUT2D eigenvalue weighted by Gasteiger charge is 1.88. The SMILES string of the molecule is C/C=C\C(OC)=C(C)C. The van der Waals surface area contributed by atoms with Crippen molar-refractivity contribution in [2.24, 2.45) is 0 Å². The Kier molecular flexibility index (Phi) is 3.85. The van der Waals surface area contributed by atoms with Crippen molar-refractivity contribution in [2.45, 2.75) is 20.8 Å². The second-order valence-corrected chi connectivity index (χ2v) is 2.07. The van der Waals surface area contributed by atoms with Crippen molar-refractivity contribution in [2.75, 3.05) is 7.11 Å². The Morgan fingerprint density at radius 1 is 1.33 bits per heavy atom. The van der Waals surface area contributed by atoms with E-state index in [0.29, 0.717) is 0 Å². The van der Waals surface area contributed by atoms with Gasteiger partial charge in [-0.2, -0.15) is 0 Å². The molecule has 0 amide bonds. The van der Waals surface area contributed by atoms with Crippen LogP contribution in [0.5, 0.6) is 0 Å². The Morgan fingerprint density at radius 2 is 1.89 bits per heavy atom. The lowest BCUT2D eigenvalue weighted by atomic mass is 10.3. The fourth-order valence-corrected chi connectivity index (χ4v) is 0.590. The van der Waals surface area contributed by atoms with E-state index in [1.54, 1.807) is 7.11 Å². The zero-order valence-corrected chi connectivity index (χ0v) is 6.56. The van der Waals surface area contributed by atoms with E-state index in [-0.39, 0.29) is 0 Å². The van der Waals surface area contributed by atoms with E-state index in [2.05, 4.69) is 0 Å². The zero-order valence-electron chi connectivity index (χ0n) is 6.56. The molecule has 0 aliphatic carbocycles. The van der Waals surface area contributed by atoms with Gasteiger partial charge in [-0.05, 0) is 32.4 Å². The van der Waals surface area contributed by atoms with Gasteiger partial charge in [0.15, 0.2) is 0 Å². The molecule has 0 saturated carbocycles. The molecule has 0 unspecified atom stereocenters. The fourth-order valence-electron chi connectivity index (χ4n) is 0.590. The molecule has 0 aliphatic heterocycles. The number of ether oxygens (including phenoxy) is 1. The van der Waals surface area contributed by atoms with Crippen molar-refractivity contribution in [1.29, 1.82) is 0 Å². The minimum Gasteiger partial charge on any atom is -0.497 e. The fraction of sp³-hybridized carbons (Fsp3) is 0.500. The summed E-state index contributed by atoms with van der Waals surface area (Å²) in [5.74, 6) is 0.956. The summed E-state index contributed by atoms with van der Waals surface area (Å²) in [4.78, 5) is 0.